The number of hydrogen-bond acceptors (Lipinski definition) is 6. The topological polar surface area (TPSA) is 68.5 Å². The molecule has 0 N–H and O–H groups in total. The number of rotatable bonds is 9. The number of nitrogens with zero attached hydrogens (tertiary/aromatic N) is 3. The second-order valence-corrected chi connectivity index (χ2v) is 5.80. The monoisotopic (exact) mass is 331 g/mol. The van der Waals surface area contributed by atoms with Crippen LogP contribution in [0.1, 0.15) is 26.2 Å². The standard InChI is InChI=1S/C18H25N3O3/c1-4-21(13-14(2)18(22)23-3)12-8-11-16-19-17(20-24-16)15-9-6-5-7-10-15/h5-7,9-10,14H,4,8,11-13H2,1-3H3. The van der Waals surface area contributed by atoms with E-state index in [1.165, 1.54) is 7.11 Å². The SMILES string of the molecule is CCN(CCCc1nc(-c2ccccc2)no1)CC(C)C(=O)OC. The molecule has 1 aromatic carbocycles. The van der Waals surface area contributed by atoms with E-state index in [1.54, 1.807) is 0 Å². The Labute approximate surface area is 142 Å². The van der Waals surface area contributed by atoms with E-state index in [9.17, 15) is 4.79 Å². The maximum Gasteiger partial charge on any atom is 0.309 e. The summed E-state index contributed by atoms with van der Waals surface area (Å²) >= 11 is 0. The van der Waals surface area contributed by atoms with Gasteiger partial charge in [0, 0.05) is 18.5 Å². The van der Waals surface area contributed by atoms with Gasteiger partial charge in [-0.15, -0.1) is 0 Å². The number of carbonyl (C=O) groups excluding carboxylic acids is 1. The van der Waals surface area contributed by atoms with Crippen LogP contribution in [0.5, 0.6) is 0 Å². The first-order chi connectivity index (χ1) is 11.6. The largest absolute Gasteiger partial charge is 0.469 e. The fourth-order valence-corrected chi connectivity index (χ4v) is 2.56. The van der Waals surface area contributed by atoms with Gasteiger partial charge in [0.1, 0.15) is 0 Å². The molecular formula is C18H25N3O3. The Morgan fingerprint density at radius 2 is 2.08 bits per heavy atom. The second-order valence-electron chi connectivity index (χ2n) is 5.80. The molecule has 0 saturated carbocycles. The lowest BCUT2D eigenvalue weighted by atomic mass is 10.1. The van der Waals surface area contributed by atoms with Crippen LogP contribution in [0.2, 0.25) is 0 Å². The third-order valence-electron chi connectivity index (χ3n) is 3.95. The lowest BCUT2D eigenvalue weighted by Gasteiger charge is -2.22. The molecule has 0 saturated heterocycles. The van der Waals surface area contributed by atoms with Crippen LogP contribution in [0.3, 0.4) is 0 Å². The molecule has 1 heterocycles. The van der Waals surface area contributed by atoms with Crippen molar-refractivity contribution in [1.82, 2.24) is 15.0 Å². The molecule has 0 bridgehead atoms. The molecule has 6 heteroatoms. The smallest absolute Gasteiger partial charge is 0.309 e. The molecule has 24 heavy (non-hydrogen) atoms. The van der Waals surface area contributed by atoms with Crippen molar-refractivity contribution in [3.05, 3.63) is 36.2 Å². The molecule has 0 aliphatic heterocycles. The maximum atomic E-state index is 11.5. The number of esters is 1. The molecule has 0 amide bonds. The Balaban J connectivity index is 1.81. The maximum absolute atomic E-state index is 11.5. The van der Waals surface area contributed by atoms with Crippen LogP contribution in [0, 0.1) is 5.92 Å². The molecule has 2 rings (SSSR count). The van der Waals surface area contributed by atoms with Gasteiger partial charge in [-0.25, -0.2) is 0 Å². The summed E-state index contributed by atoms with van der Waals surface area (Å²) < 4.78 is 10.1. The summed E-state index contributed by atoms with van der Waals surface area (Å²) in [5.74, 6) is 0.976. The predicted octanol–water partition coefficient (Wildman–Crippen LogP) is 2.80. The molecule has 1 aromatic heterocycles. The Morgan fingerprint density at radius 1 is 1.33 bits per heavy atom. The molecule has 0 fully saturated rings. The van der Waals surface area contributed by atoms with E-state index in [0.29, 0.717) is 18.3 Å². The van der Waals surface area contributed by atoms with Crippen molar-refractivity contribution in [3.8, 4) is 11.4 Å². The first kappa shape index (κ1) is 18.1. The highest BCUT2D eigenvalue weighted by Crippen LogP contribution is 2.15. The number of ether oxygens (including phenoxy) is 1. The van der Waals surface area contributed by atoms with Gasteiger partial charge in [0.25, 0.3) is 0 Å². The Morgan fingerprint density at radius 3 is 2.75 bits per heavy atom. The van der Waals surface area contributed by atoms with Crippen molar-refractivity contribution in [2.24, 2.45) is 5.92 Å². The number of benzene rings is 1. The number of aryl methyl sites for hydroxylation is 1. The minimum atomic E-state index is -0.169. The summed E-state index contributed by atoms with van der Waals surface area (Å²) in [4.78, 5) is 18.2. The van der Waals surface area contributed by atoms with E-state index in [1.807, 2.05) is 37.3 Å². The van der Waals surface area contributed by atoms with Crippen molar-refractivity contribution in [2.75, 3.05) is 26.7 Å². The number of carbonyl (C=O) groups is 1. The summed E-state index contributed by atoms with van der Waals surface area (Å²) in [5, 5.41) is 4.03. The fraction of sp³-hybridized carbons (Fsp3) is 0.500. The van der Waals surface area contributed by atoms with Gasteiger partial charge in [-0.3, -0.25) is 4.79 Å². The molecule has 130 valence electrons. The van der Waals surface area contributed by atoms with Gasteiger partial charge in [0.05, 0.1) is 13.0 Å². The van der Waals surface area contributed by atoms with E-state index in [2.05, 4.69) is 22.0 Å². The van der Waals surface area contributed by atoms with Gasteiger partial charge >= 0.3 is 5.97 Å². The van der Waals surface area contributed by atoms with Crippen molar-refractivity contribution in [1.29, 1.82) is 0 Å². The van der Waals surface area contributed by atoms with Gasteiger partial charge in [0.15, 0.2) is 0 Å². The van der Waals surface area contributed by atoms with Crippen LogP contribution in [0.25, 0.3) is 11.4 Å². The molecule has 1 atom stereocenters. The van der Waals surface area contributed by atoms with Crippen LogP contribution >= 0.6 is 0 Å². The van der Waals surface area contributed by atoms with Crippen LogP contribution < -0.4 is 0 Å². The molecule has 0 spiro atoms. The minimum Gasteiger partial charge on any atom is -0.469 e. The summed E-state index contributed by atoms with van der Waals surface area (Å²) in [6.07, 6.45) is 1.63. The molecule has 2 aromatic rings. The van der Waals surface area contributed by atoms with Crippen LogP contribution in [-0.2, 0) is 16.0 Å². The lowest BCUT2D eigenvalue weighted by Crippen LogP contribution is -2.33. The van der Waals surface area contributed by atoms with Gasteiger partial charge < -0.3 is 14.2 Å². The van der Waals surface area contributed by atoms with E-state index < -0.39 is 0 Å². The van der Waals surface area contributed by atoms with Crippen LogP contribution in [0.4, 0.5) is 0 Å². The summed E-state index contributed by atoms with van der Waals surface area (Å²) in [6, 6.07) is 9.78. The summed E-state index contributed by atoms with van der Waals surface area (Å²) in [6.45, 7) is 6.44. The van der Waals surface area contributed by atoms with E-state index in [-0.39, 0.29) is 11.9 Å². The van der Waals surface area contributed by atoms with Crippen molar-refractivity contribution >= 4 is 5.97 Å². The highest BCUT2D eigenvalue weighted by atomic mass is 16.5. The lowest BCUT2D eigenvalue weighted by molar-refractivity contribution is -0.145. The first-order valence-corrected chi connectivity index (χ1v) is 8.32. The number of methoxy groups -OCH3 is 1. The van der Waals surface area contributed by atoms with Gasteiger partial charge in [0.2, 0.25) is 11.7 Å². The van der Waals surface area contributed by atoms with Crippen LogP contribution in [-0.4, -0.2) is 47.8 Å². The average Bonchev–Trinajstić information content (AvgIpc) is 3.09. The summed E-state index contributed by atoms with van der Waals surface area (Å²) in [7, 11) is 1.43. The molecule has 1 unspecified atom stereocenters. The fourth-order valence-electron chi connectivity index (χ4n) is 2.56. The third kappa shape index (κ3) is 5.16. The van der Waals surface area contributed by atoms with E-state index >= 15 is 0 Å². The molecular weight excluding hydrogens is 306 g/mol. The second kappa shape index (κ2) is 9.17. The number of hydrogen-bond donors (Lipinski definition) is 0. The molecule has 0 aliphatic carbocycles. The summed E-state index contributed by atoms with van der Waals surface area (Å²) in [5.41, 5.74) is 0.953. The highest BCUT2D eigenvalue weighted by molar-refractivity contribution is 5.72. The molecule has 0 aliphatic rings. The van der Waals surface area contributed by atoms with E-state index in [4.69, 9.17) is 9.26 Å². The Bertz CT molecular complexity index is 627. The zero-order valence-electron chi connectivity index (χ0n) is 14.6. The zero-order valence-corrected chi connectivity index (χ0v) is 14.6. The Hall–Kier alpha value is -2.21. The quantitative estimate of drug-likeness (QED) is 0.658. The minimum absolute atomic E-state index is 0.122. The average molecular weight is 331 g/mol. The van der Waals surface area contributed by atoms with Crippen LogP contribution in [0.15, 0.2) is 34.9 Å². The normalized spacial score (nSPS) is 12.3. The Kier molecular flexibility index (Phi) is 6.93. The van der Waals surface area contributed by atoms with Gasteiger partial charge in [-0.2, -0.15) is 4.98 Å². The highest BCUT2D eigenvalue weighted by Gasteiger charge is 2.17. The molecule has 0 radical (unpaired) electrons. The van der Waals surface area contributed by atoms with E-state index in [0.717, 1.165) is 31.5 Å². The van der Waals surface area contributed by atoms with Gasteiger partial charge in [-0.05, 0) is 19.5 Å². The van der Waals surface area contributed by atoms with Crippen molar-refractivity contribution < 1.29 is 14.1 Å². The van der Waals surface area contributed by atoms with Gasteiger partial charge in [-0.1, -0.05) is 49.3 Å². The molecule has 6 nitrogen and oxygen atoms in total. The predicted molar refractivity (Wildman–Crippen MR) is 91.3 cm³/mol. The zero-order chi connectivity index (χ0) is 17.4. The first-order valence-electron chi connectivity index (χ1n) is 8.32. The van der Waals surface area contributed by atoms with Crippen molar-refractivity contribution in [2.45, 2.75) is 26.7 Å². The number of aromatic nitrogens is 2. The third-order valence-corrected chi connectivity index (χ3v) is 3.95. The van der Waals surface area contributed by atoms with Crippen molar-refractivity contribution in [3.63, 3.8) is 0 Å².